The molecule has 5 nitrogen and oxygen atoms in total. The van der Waals surface area contributed by atoms with Gasteiger partial charge in [0.15, 0.2) is 0 Å². The van der Waals surface area contributed by atoms with Crippen molar-refractivity contribution in [3.63, 3.8) is 0 Å². The molecule has 0 aliphatic carbocycles. The van der Waals surface area contributed by atoms with E-state index in [2.05, 4.69) is 22.1 Å². The van der Waals surface area contributed by atoms with E-state index < -0.39 is 0 Å². The Labute approximate surface area is 119 Å². The molecule has 106 valence electrons. The van der Waals surface area contributed by atoms with Gasteiger partial charge in [0.1, 0.15) is 0 Å². The minimum Gasteiger partial charge on any atom is -0.481 e. The summed E-state index contributed by atoms with van der Waals surface area (Å²) in [6.07, 6.45) is 0. The van der Waals surface area contributed by atoms with E-state index in [-0.39, 0.29) is 0 Å². The lowest BCUT2D eigenvalue weighted by molar-refractivity contribution is 0.396. The van der Waals surface area contributed by atoms with Crippen LogP contribution < -0.4 is 15.4 Å². The average molecular weight is 272 g/mol. The largest absolute Gasteiger partial charge is 0.481 e. The highest BCUT2D eigenvalue weighted by Gasteiger charge is 2.08. The van der Waals surface area contributed by atoms with E-state index >= 15 is 0 Å². The topological polar surface area (TPSA) is 64.3 Å². The fourth-order valence-corrected chi connectivity index (χ4v) is 1.93. The van der Waals surface area contributed by atoms with Crippen LogP contribution in [-0.2, 0) is 13.1 Å². The molecule has 0 aliphatic rings. The maximum atomic E-state index is 5.60. The molecule has 1 aromatic heterocycles. The van der Waals surface area contributed by atoms with Gasteiger partial charge < -0.3 is 15.4 Å². The standard InChI is InChI=1S/C15H20N4O/c1-11-8-14(20-3)18-15(17-11)19(2)10-13-6-4-12(9-16)5-7-13/h4-8H,9-10,16H2,1-3H3. The fraction of sp³-hybridized carbons (Fsp3) is 0.333. The SMILES string of the molecule is COc1cc(C)nc(N(C)Cc2ccc(CN)cc2)n1. The van der Waals surface area contributed by atoms with Gasteiger partial charge in [-0.05, 0) is 18.1 Å². The first-order valence-electron chi connectivity index (χ1n) is 6.51. The Kier molecular flexibility index (Phi) is 4.53. The maximum absolute atomic E-state index is 5.60. The lowest BCUT2D eigenvalue weighted by Crippen LogP contribution is -2.19. The van der Waals surface area contributed by atoms with E-state index in [0.717, 1.165) is 17.8 Å². The van der Waals surface area contributed by atoms with Gasteiger partial charge in [-0.2, -0.15) is 4.98 Å². The Morgan fingerprint density at radius 1 is 1.15 bits per heavy atom. The summed E-state index contributed by atoms with van der Waals surface area (Å²) < 4.78 is 5.17. The Bertz CT molecular complexity index is 569. The maximum Gasteiger partial charge on any atom is 0.228 e. The second kappa shape index (κ2) is 6.34. The molecule has 0 aliphatic heterocycles. The molecule has 5 heteroatoms. The summed E-state index contributed by atoms with van der Waals surface area (Å²) in [5, 5.41) is 0. The van der Waals surface area contributed by atoms with Crippen molar-refractivity contribution in [3.05, 3.63) is 47.2 Å². The summed E-state index contributed by atoms with van der Waals surface area (Å²) in [5.74, 6) is 1.24. The summed E-state index contributed by atoms with van der Waals surface area (Å²) in [6.45, 7) is 3.23. The molecule has 0 saturated carbocycles. The zero-order chi connectivity index (χ0) is 14.5. The summed E-state index contributed by atoms with van der Waals surface area (Å²) in [6, 6.07) is 10.0. The third-order valence-electron chi connectivity index (χ3n) is 3.05. The molecule has 0 fully saturated rings. The molecule has 2 aromatic rings. The monoisotopic (exact) mass is 272 g/mol. The van der Waals surface area contributed by atoms with E-state index in [9.17, 15) is 0 Å². The number of anilines is 1. The van der Waals surface area contributed by atoms with E-state index in [1.165, 1.54) is 5.56 Å². The van der Waals surface area contributed by atoms with Gasteiger partial charge >= 0.3 is 0 Å². The van der Waals surface area contributed by atoms with Crippen LogP contribution >= 0.6 is 0 Å². The lowest BCUT2D eigenvalue weighted by Gasteiger charge is -2.18. The van der Waals surface area contributed by atoms with E-state index in [1.807, 2.05) is 37.1 Å². The number of aryl methyl sites for hydroxylation is 1. The number of rotatable bonds is 5. The van der Waals surface area contributed by atoms with Crippen molar-refractivity contribution >= 4 is 5.95 Å². The minimum absolute atomic E-state index is 0.564. The molecule has 2 N–H and O–H groups in total. The van der Waals surface area contributed by atoms with Gasteiger partial charge in [-0.15, -0.1) is 0 Å². The van der Waals surface area contributed by atoms with Crippen molar-refractivity contribution in [2.45, 2.75) is 20.0 Å². The van der Waals surface area contributed by atoms with Crippen LogP contribution in [0.2, 0.25) is 0 Å². The van der Waals surface area contributed by atoms with Crippen LogP contribution in [0.5, 0.6) is 5.88 Å². The number of hydrogen-bond acceptors (Lipinski definition) is 5. The van der Waals surface area contributed by atoms with Crippen molar-refractivity contribution in [1.82, 2.24) is 9.97 Å². The molecule has 2 rings (SSSR count). The molecule has 0 amide bonds. The molecule has 0 radical (unpaired) electrons. The zero-order valence-corrected chi connectivity index (χ0v) is 12.1. The smallest absolute Gasteiger partial charge is 0.228 e. The predicted molar refractivity (Wildman–Crippen MR) is 79.8 cm³/mol. The van der Waals surface area contributed by atoms with Crippen molar-refractivity contribution in [2.24, 2.45) is 5.73 Å². The van der Waals surface area contributed by atoms with Crippen LogP contribution in [0.15, 0.2) is 30.3 Å². The van der Waals surface area contributed by atoms with E-state index in [4.69, 9.17) is 10.5 Å². The van der Waals surface area contributed by atoms with Crippen molar-refractivity contribution in [1.29, 1.82) is 0 Å². The zero-order valence-electron chi connectivity index (χ0n) is 12.1. The van der Waals surface area contributed by atoms with Crippen LogP contribution in [0.3, 0.4) is 0 Å². The lowest BCUT2D eigenvalue weighted by atomic mass is 10.1. The van der Waals surface area contributed by atoms with Gasteiger partial charge in [0, 0.05) is 31.9 Å². The number of methoxy groups -OCH3 is 1. The summed E-state index contributed by atoms with van der Waals surface area (Å²) in [7, 11) is 3.57. The van der Waals surface area contributed by atoms with E-state index in [0.29, 0.717) is 18.4 Å². The molecule has 0 saturated heterocycles. The molecule has 0 bridgehead atoms. The normalized spacial score (nSPS) is 10.4. The van der Waals surface area contributed by atoms with Crippen LogP contribution in [0.25, 0.3) is 0 Å². The first-order chi connectivity index (χ1) is 9.62. The van der Waals surface area contributed by atoms with Crippen LogP contribution in [-0.4, -0.2) is 24.1 Å². The molecular weight excluding hydrogens is 252 g/mol. The highest BCUT2D eigenvalue weighted by molar-refractivity contribution is 5.35. The third kappa shape index (κ3) is 3.45. The highest BCUT2D eigenvalue weighted by Crippen LogP contribution is 2.16. The Morgan fingerprint density at radius 2 is 1.80 bits per heavy atom. The van der Waals surface area contributed by atoms with Crippen molar-refractivity contribution in [3.8, 4) is 5.88 Å². The van der Waals surface area contributed by atoms with Crippen molar-refractivity contribution in [2.75, 3.05) is 19.1 Å². The molecule has 20 heavy (non-hydrogen) atoms. The molecule has 1 aromatic carbocycles. The van der Waals surface area contributed by atoms with Crippen LogP contribution in [0.1, 0.15) is 16.8 Å². The first kappa shape index (κ1) is 14.3. The molecule has 0 atom stereocenters. The van der Waals surface area contributed by atoms with Crippen molar-refractivity contribution < 1.29 is 4.74 Å². The second-order valence-corrected chi connectivity index (χ2v) is 4.73. The predicted octanol–water partition coefficient (Wildman–Crippen LogP) is 1.89. The average Bonchev–Trinajstić information content (AvgIpc) is 2.47. The fourth-order valence-electron chi connectivity index (χ4n) is 1.93. The Morgan fingerprint density at radius 3 is 2.40 bits per heavy atom. The summed E-state index contributed by atoms with van der Waals surface area (Å²) >= 11 is 0. The van der Waals surface area contributed by atoms with Gasteiger partial charge in [-0.3, -0.25) is 0 Å². The first-order valence-corrected chi connectivity index (χ1v) is 6.51. The summed E-state index contributed by atoms with van der Waals surface area (Å²) in [4.78, 5) is 10.8. The van der Waals surface area contributed by atoms with Gasteiger partial charge in [0.05, 0.1) is 7.11 Å². The molecule has 0 spiro atoms. The van der Waals surface area contributed by atoms with Gasteiger partial charge in [0.25, 0.3) is 0 Å². The van der Waals surface area contributed by atoms with Gasteiger partial charge in [-0.25, -0.2) is 4.98 Å². The molecular formula is C15H20N4O. The quantitative estimate of drug-likeness (QED) is 0.900. The Balaban J connectivity index is 2.14. The number of nitrogens with two attached hydrogens (primary N) is 1. The van der Waals surface area contributed by atoms with Gasteiger partial charge in [0.2, 0.25) is 11.8 Å². The Hall–Kier alpha value is -2.14. The summed E-state index contributed by atoms with van der Waals surface area (Å²) in [5.41, 5.74) is 8.80. The number of nitrogens with zero attached hydrogens (tertiary/aromatic N) is 3. The highest BCUT2D eigenvalue weighted by atomic mass is 16.5. The van der Waals surface area contributed by atoms with Gasteiger partial charge in [-0.1, -0.05) is 24.3 Å². The van der Waals surface area contributed by atoms with Crippen LogP contribution in [0.4, 0.5) is 5.95 Å². The second-order valence-electron chi connectivity index (χ2n) is 4.73. The number of benzene rings is 1. The number of aromatic nitrogens is 2. The van der Waals surface area contributed by atoms with E-state index in [1.54, 1.807) is 7.11 Å². The molecule has 0 unspecified atom stereocenters. The van der Waals surface area contributed by atoms with Crippen LogP contribution in [0, 0.1) is 6.92 Å². The molecule has 1 heterocycles. The minimum atomic E-state index is 0.564. The number of hydrogen-bond donors (Lipinski definition) is 1. The third-order valence-corrected chi connectivity index (χ3v) is 3.05. The number of ether oxygens (including phenoxy) is 1.